The number of benzene rings is 1. The molecule has 0 saturated heterocycles. The van der Waals surface area contributed by atoms with E-state index in [9.17, 15) is 9.90 Å². The molecule has 4 nitrogen and oxygen atoms in total. The first-order valence-electron chi connectivity index (χ1n) is 7.27. The Morgan fingerprint density at radius 3 is 2.76 bits per heavy atom. The summed E-state index contributed by atoms with van der Waals surface area (Å²) >= 11 is 0. The molecule has 1 saturated carbocycles. The van der Waals surface area contributed by atoms with Crippen LogP contribution in [0.5, 0.6) is 5.75 Å². The first-order valence-corrected chi connectivity index (χ1v) is 7.27. The Morgan fingerprint density at radius 2 is 2.05 bits per heavy atom. The van der Waals surface area contributed by atoms with Gasteiger partial charge in [0, 0.05) is 16.5 Å². The Hall–Kier alpha value is -2.23. The van der Waals surface area contributed by atoms with E-state index in [1.807, 2.05) is 6.07 Å². The molecule has 21 heavy (non-hydrogen) atoms. The molecule has 4 heteroatoms. The third-order valence-corrected chi connectivity index (χ3v) is 4.61. The van der Waals surface area contributed by atoms with E-state index in [0.717, 1.165) is 29.5 Å². The molecule has 2 aliphatic rings. The van der Waals surface area contributed by atoms with Gasteiger partial charge < -0.3 is 14.3 Å². The molecule has 1 fully saturated rings. The number of carboxylic acid groups (broad SMARTS) is 1. The lowest BCUT2D eigenvalue weighted by molar-refractivity contribution is 0.0664. The van der Waals surface area contributed by atoms with Crippen molar-refractivity contribution >= 4 is 23.0 Å². The van der Waals surface area contributed by atoms with Gasteiger partial charge in [-0.3, -0.25) is 0 Å². The maximum atomic E-state index is 11.2. The summed E-state index contributed by atoms with van der Waals surface area (Å²) in [5.74, 6) is -0.203. The first-order chi connectivity index (χ1) is 10.1. The molecule has 1 aliphatic heterocycles. The van der Waals surface area contributed by atoms with Crippen molar-refractivity contribution in [3.05, 3.63) is 35.1 Å². The van der Waals surface area contributed by atoms with Gasteiger partial charge in [-0.05, 0) is 50.8 Å². The van der Waals surface area contributed by atoms with Crippen molar-refractivity contribution in [3.63, 3.8) is 0 Å². The number of aryl methyl sites for hydroxylation is 1. The summed E-state index contributed by atoms with van der Waals surface area (Å²) in [5.41, 5.74) is 2.02. The number of aromatic carboxylic acids is 1. The predicted octanol–water partition coefficient (Wildman–Crippen LogP) is 4.16. The fourth-order valence-corrected chi connectivity index (χ4v) is 3.54. The molecule has 108 valence electrons. The van der Waals surface area contributed by atoms with Gasteiger partial charge in [0.1, 0.15) is 16.9 Å². The number of ether oxygens (including phenoxy) is 1. The standard InChI is InChI=1S/C17H16O4/c1-10-14-11-6-9-17(7-2-3-8-17)21-12(11)4-5-13(14)20-15(10)16(18)19/h4-6,9H,2-3,7-8H2,1H3,(H,18,19). The van der Waals surface area contributed by atoms with Gasteiger partial charge in [0.15, 0.2) is 0 Å². The van der Waals surface area contributed by atoms with Crippen molar-refractivity contribution in [3.8, 4) is 5.75 Å². The van der Waals surface area contributed by atoms with Crippen LogP contribution >= 0.6 is 0 Å². The van der Waals surface area contributed by atoms with Crippen molar-refractivity contribution in [2.45, 2.75) is 38.2 Å². The van der Waals surface area contributed by atoms with Crippen LogP contribution in [0.3, 0.4) is 0 Å². The average molecular weight is 284 g/mol. The van der Waals surface area contributed by atoms with E-state index in [0.29, 0.717) is 11.1 Å². The van der Waals surface area contributed by atoms with Crippen LogP contribution in [0, 0.1) is 6.92 Å². The van der Waals surface area contributed by atoms with Crippen molar-refractivity contribution in [2.75, 3.05) is 0 Å². The largest absolute Gasteiger partial charge is 0.483 e. The average Bonchev–Trinajstić information content (AvgIpc) is 3.04. The highest BCUT2D eigenvalue weighted by Crippen LogP contribution is 2.44. The van der Waals surface area contributed by atoms with E-state index >= 15 is 0 Å². The second-order valence-electron chi connectivity index (χ2n) is 5.92. The van der Waals surface area contributed by atoms with Gasteiger partial charge >= 0.3 is 5.97 Å². The Morgan fingerprint density at radius 1 is 1.29 bits per heavy atom. The van der Waals surface area contributed by atoms with Crippen molar-refractivity contribution in [2.24, 2.45) is 0 Å². The van der Waals surface area contributed by atoms with E-state index in [1.54, 1.807) is 13.0 Å². The van der Waals surface area contributed by atoms with Crippen LogP contribution in [-0.2, 0) is 0 Å². The van der Waals surface area contributed by atoms with Crippen LogP contribution < -0.4 is 4.74 Å². The van der Waals surface area contributed by atoms with Crippen LogP contribution in [-0.4, -0.2) is 16.7 Å². The van der Waals surface area contributed by atoms with E-state index < -0.39 is 5.97 Å². The van der Waals surface area contributed by atoms with Crippen molar-refractivity contribution < 1.29 is 19.1 Å². The van der Waals surface area contributed by atoms with Crippen molar-refractivity contribution in [1.82, 2.24) is 0 Å². The molecule has 0 atom stereocenters. The van der Waals surface area contributed by atoms with Gasteiger partial charge in [0.2, 0.25) is 5.76 Å². The van der Waals surface area contributed by atoms with E-state index in [1.165, 1.54) is 12.8 Å². The topological polar surface area (TPSA) is 59.7 Å². The molecule has 1 aromatic carbocycles. The molecular formula is C17H16O4. The maximum Gasteiger partial charge on any atom is 0.372 e. The number of fused-ring (bicyclic) bond motifs is 3. The number of hydrogen-bond acceptors (Lipinski definition) is 3. The molecular weight excluding hydrogens is 268 g/mol. The van der Waals surface area contributed by atoms with Gasteiger partial charge in [-0.15, -0.1) is 0 Å². The van der Waals surface area contributed by atoms with Gasteiger partial charge in [-0.25, -0.2) is 4.79 Å². The molecule has 1 spiro atoms. The fraction of sp³-hybridized carbons (Fsp3) is 0.353. The number of rotatable bonds is 1. The Bertz CT molecular complexity index is 776. The number of carboxylic acids is 1. The summed E-state index contributed by atoms with van der Waals surface area (Å²) < 4.78 is 11.7. The molecule has 1 aromatic heterocycles. The SMILES string of the molecule is Cc1c(C(=O)O)oc2ccc3c(c12)C=CC1(CCCC1)O3. The minimum atomic E-state index is -1.04. The Balaban J connectivity index is 1.91. The van der Waals surface area contributed by atoms with Crippen LogP contribution in [0.2, 0.25) is 0 Å². The summed E-state index contributed by atoms with van der Waals surface area (Å²) in [5, 5.41) is 10.0. The van der Waals surface area contributed by atoms with E-state index in [-0.39, 0.29) is 11.4 Å². The first kappa shape index (κ1) is 12.5. The molecule has 2 aromatic rings. The van der Waals surface area contributed by atoms with Gasteiger partial charge in [0.05, 0.1) is 0 Å². The summed E-state index contributed by atoms with van der Waals surface area (Å²) in [6.07, 6.45) is 8.68. The minimum Gasteiger partial charge on any atom is -0.483 e. The lowest BCUT2D eigenvalue weighted by Crippen LogP contribution is -2.31. The highest BCUT2D eigenvalue weighted by atomic mass is 16.5. The van der Waals surface area contributed by atoms with Gasteiger partial charge in [-0.2, -0.15) is 0 Å². The Kier molecular flexibility index (Phi) is 2.46. The second-order valence-corrected chi connectivity index (χ2v) is 5.92. The highest BCUT2D eigenvalue weighted by molar-refractivity contribution is 6.00. The molecule has 1 N–H and O–H groups in total. The predicted molar refractivity (Wildman–Crippen MR) is 78.8 cm³/mol. The van der Waals surface area contributed by atoms with Crippen LogP contribution in [0.25, 0.3) is 17.0 Å². The lowest BCUT2D eigenvalue weighted by atomic mass is 9.94. The van der Waals surface area contributed by atoms with Crippen LogP contribution in [0.1, 0.15) is 47.4 Å². The quantitative estimate of drug-likeness (QED) is 0.854. The number of carbonyl (C=O) groups is 1. The minimum absolute atomic E-state index is 0.00736. The Labute approximate surface area is 122 Å². The van der Waals surface area contributed by atoms with Crippen molar-refractivity contribution in [1.29, 1.82) is 0 Å². The summed E-state index contributed by atoms with van der Waals surface area (Å²) in [6.45, 7) is 1.78. The van der Waals surface area contributed by atoms with Crippen LogP contribution in [0.15, 0.2) is 22.6 Å². The molecule has 4 rings (SSSR count). The monoisotopic (exact) mass is 284 g/mol. The summed E-state index contributed by atoms with van der Waals surface area (Å²) in [6, 6.07) is 3.69. The zero-order valence-corrected chi connectivity index (χ0v) is 11.8. The van der Waals surface area contributed by atoms with Crippen LogP contribution in [0.4, 0.5) is 0 Å². The van der Waals surface area contributed by atoms with Gasteiger partial charge in [0.25, 0.3) is 0 Å². The summed E-state index contributed by atoms with van der Waals surface area (Å²) in [7, 11) is 0. The zero-order valence-electron chi connectivity index (χ0n) is 11.8. The number of hydrogen-bond donors (Lipinski definition) is 1. The fourth-order valence-electron chi connectivity index (χ4n) is 3.54. The molecule has 1 aliphatic carbocycles. The van der Waals surface area contributed by atoms with E-state index in [2.05, 4.69) is 12.2 Å². The molecule has 0 radical (unpaired) electrons. The smallest absolute Gasteiger partial charge is 0.372 e. The van der Waals surface area contributed by atoms with Gasteiger partial charge in [-0.1, -0.05) is 6.08 Å². The second kappa shape index (κ2) is 4.13. The van der Waals surface area contributed by atoms with E-state index in [4.69, 9.17) is 9.15 Å². The molecule has 0 unspecified atom stereocenters. The molecule has 0 bridgehead atoms. The third-order valence-electron chi connectivity index (χ3n) is 4.61. The third kappa shape index (κ3) is 1.71. The highest BCUT2D eigenvalue weighted by Gasteiger charge is 2.36. The zero-order chi connectivity index (χ0) is 14.6. The summed E-state index contributed by atoms with van der Waals surface area (Å²) in [4.78, 5) is 11.2. The molecule has 2 heterocycles. The maximum absolute atomic E-state index is 11.2. The normalized spacial score (nSPS) is 18.9. The number of furan rings is 1. The molecule has 0 amide bonds. The lowest BCUT2D eigenvalue weighted by Gasteiger charge is -2.31.